The molecule has 2 aliphatic heterocycles. The molecule has 1 saturated carbocycles. The van der Waals surface area contributed by atoms with E-state index in [9.17, 15) is 13.5 Å². The number of sulfonamides is 1. The number of phenols is 1. The van der Waals surface area contributed by atoms with Crippen LogP contribution >= 0.6 is 0 Å². The lowest BCUT2D eigenvalue weighted by molar-refractivity contribution is -0.0772. The molecule has 2 heterocycles. The lowest BCUT2D eigenvalue weighted by atomic mass is 9.51. The second-order valence-electron chi connectivity index (χ2n) is 13.6. The van der Waals surface area contributed by atoms with Gasteiger partial charge in [-0.05, 0) is 61.6 Å². The molecule has 5 atom stereocenters. The number of nitrogens with zero attached hydrogens (tertiary/aromatic N) is 2. The molecule has 2 fully saturated rings. The van der Waals surface area contributed by atoms with Gasteiger partial charge in [-0.2, -0.15) is 4.31 Å². The first kappa shape index (κ1) is 29.6. The summed E-state index contributed by atoms with van der Waals surface area (Å²) in [5, 5.41) is 11.4. The fourth-order valence-electron chi connectivity index (χ4n) is 8.98. The van der Waals surface area contributed by atoms with E-state index < -0.39 is 10.0 Å². The van der Waals surface area contributed by atoms with Crippen LogP contribution in [-0.4, -0.2) is 67.7 Å². The standard InChI is InChI=1S/C36H44N2O5S/c1-24(2)22-38(44(40,41)23-26-12-8-5-9-13-26)29-15-14-28-30-20-27-31(39)21-32(42-3)34-33(27)36(28,35(29)43-34)17-19-37(30)18-16-25-10-6-4-7-11-25/h4-13,21,24,28-30,35,39H,14-20,22-23H2,1-3H3/t28-,29+,30+,35-,36-/m0/s1. The second kappa shape index (κ2) is 11.4. The number of benzene rings is 3. The molecular formula is C36H44N2O5S. The Labute approximate surface area is 261 Å². The van der Waals surface area contributed by atoms with E-state index >= 15 is 0 Å². The molecule has 0 radical (unpaired) electrons. The van der Waals surface area contributed by atoms with Crippen molar-refractivity contribution < 1.29 is 23.0 Å². The molecule has 3 aromatic carbocycles. The molecule has 7 rings (SSSR count). The number of ether oxygens (including phenoxy) is 2. The van der Waals surface area contributed by atoms with Gasteiger partial charge in [0.1, 0.15) is 11.9 Å². The van der Waals surface area contributed by atoms with Gasteiger partial charge in [-0.3, -0.25) is 4.90 Å². The minimum atomic E-state index is -3.65. The van der Waals surface area contributed by atoms with Crippen molar-refractivity contribution in [1.29, 1.82) is 0 Å². The van der Waals surface area contributed by atoms with Crippen molar-refractivity contribution in [3.8, 4) is 17.2 Å². The number of likely N-dealkylation sites (tertiary alicyclic amines) is 1. The molecule has 1 N–H and O–H groups in total. The number of hydrogen-bond acceptors (Lipinski definition) is 6. The van der Waals surface area contributed by atoms with Gasteiger partial charge in [0.05, 0.1) is 18.9 Å². The second-order valence-corrected chi connectivity index (χ2v) is 15.5. The quantitative estimate of drug-likeness (QED) is 0.322. The predicted molar refractivity (Wildman–Crippen MR) is 172 cm³/mol. The van der Waals surface area contributed by atoms with Crippen molar-refractivity contribution in [2.45, 2.75) is 75.3 Å². The maximum Gasteiger partial charge on any atom is 0.218 e. The van der Waals surface area contributed by atoms with E-state index in [4.69, 9.17) is 9.47 Å². The smallest absolute Gasteiger partial charge is 0.218 e. The summed E-state index contributed by atoms with van der Waals surface area (Å²) in [6.45, 7) is 6.48. The van der Waals surface area contributed by atoms with Crippen molar-refractivity contribution in [2.24, 2.45) is 11.8 Å². The van der Waals surface area contributed by atoms with Crippen molar-refractivity contribution in [3.63, 3.8) is 0 Å². The minimum absolute atomic E-state index is 0.0294. The number of rotatable bonds is 10. The summed E-state index contributed by atoms with van der Waals surface area (Å²) in [6.07, 6.45) is 3.94. The highest BCUT2D eigenvalue weighted by atomic mass is 32.2. The number of aromatic hydroxyl groups is 1. The highest BCUT2D eigenvalue weighted by molar-refractivity contribution is 7.88. The molecule has 7 nitrogen and oxygen atoms in total. The third kappa shape index (κ3) is 4.81. The van der Waals surface area contributed by atoms with Crippen LogP contribution in [0.2, 0.25) is 0 Å². The van der Waals surface area contributed by atoms with Crippen molar-refractivity contribution in [3.05, 3.63) is 89.0 Å². The fraction of sp³-hybridized carbons (Fsp3) is 0.500. The summed E-state index contributed by atoms with van der Waals surface area (Å²) >= 11 is 0. The van der Waals surface area contributed by atoms with Crippen molar-refractivity contribution in [1.82, 2.24) is 9.21 Å². The van der Waals surface area contributed by atoms with E-state index in [-0.39, 0.29) is 41.0 Å². The van der Waals surface area contributed by atoms with Crippen molar-refractivity contribution in [2.75, 3.05) is 26.7 Å². The molecule has 2 bridgehead atoms. The first-order valence-corrected chi connectivity index (χ1v) is 17.7. The normalized spacial score (nSPS) is 27.3. The van der Waals surface area contributed by atoms with Crippen LogP contribution < -0.4 is 9.47 Å². The topological polar surface area (TPSA) is 79.3 Å². The summed E-state index contributed by atoms with van der Waals surface area (Å²) < 4.78 is 43.1. The van der Waals surface area contributed by atoms with E-state index in [0.717, 1.165) is 61.9 Å². The molecule has 1 saturated heterocycles. The van der Waals surface area contributed by atoms with Crippen molar-refractivity contribution >= 4 is 10.0 Å². The Morgan fingerprint density at radius 2 is 1.77 bits per heavy atom. The van der Waals surface area contributed by atoms with Crippen LogP contribution in [0.1, 0.15) is 55.4 Å². The van der Waals surface area contributed by atoms with Crippen LogP contribution in [0.4, 0.5) is 0 Å². The SMILES string of the molecule is COc1cc(O)c2c3c1O[C@H]1[C@H](N(CC(C)C)S(=O)(=O)Cc4ccccc4)CC[C@H]4[C@@H](C2)N(CCc2ccccc2)CC[C@@]341. The molecule has 4 aliphatic rings. The zero-order valence-electron chi connectivity index (χ0n) is 26.0. The molecule has 44 heavy (non-hydrogen) atoms. The van der Waals surface area contributed by atoms with Crippen LogP contribution in [0.15, 0.2) is 66.7 Å². The monoisotopic (exact) mass is 616 g/mol. The first-order valence-electron chi connectivity index (χ1n) is 16.1. The Morgan fingerprint density at radius 3 is 2.45 bits per heavy atom. The summed E-state index contributed by atoms with van der Waals surface area (Å²) in [7, 11) is -2.03. The first-order chi connectivity index (χ1) is 21.2. The lowest BCUT2D eigenvalue weighted by Gasteiger charge is -2.60. The third-order valence-electron chi connectivity index (χ3n) is 10.7. The van der Waals surface area contributed by atoms with Crippen LogP contribution in [0.25, 0.3) is 0 Å². The summed E-state index contributed by atoms with van der Waals surface area (Å²) in [5.74, 6) is 1.95. The Hall–Kier alpha value is -3.07. The summed E-state index contributed by atoms with van der Waals surface area (Å²) in [6, 6.07) is 21.8. The van der Waals surface area contributed by atoms with E-state index in [1.807, 2.05) is 30.3 Å². The predicted octanol–water partition coefficient (Wildman–Crippen LogP) is 5.54. The Morgan fingerprint density at radius 1 is 1.07 bits per heavy atom. The van der Waals surface area contributed by atoms with Gasteiger partial charge in [-0.25, -0.2) is 8.42 Å². The molecule has 0 unspecified atom stereocenters. The molecule has 8 heteroatoms. The fourth-order valence-corrected chi connectivity index (χ4v) is 10.9. The number of phenolic OH excluding ortho intramolecular Hbond substituents is 1. The average molecular weight is 617 g/mol. The average Bonchev–Trinajstić information content (AvgIpc) is 3.35. The molecule has 1 spiro atoms. The molecule has 2 aliphatic carbocycles. The van der Waals surface area contributed by atoms with Gasteiger partial charge in [0.15, 0.2) is 11.5 Å². The van der Waals surface area contributed by atoms with E-state index in [1.54, 1.807) is 17.5 Å². The van der Waals surface area contributed by atoms with Crippen LogP contribution in [0.3, 0.4) is 0 Å². The van der Waals surface area contributed by atoms with Crippen LogP contribution in [0.5, 0.6) is 17.2 Å². The van der Waals surface area contributed by atoms with Gasteiger partial charge in [0.25, 0.3) is 0 Å². The van der Waals surface area contributed by atoms with Crippen LogP contribution in [0, 0.1) is 11.8 Å². The highest BCUT2D eigenvalue weighted by Gasteiger charge is 2.67. The van der Waals surface area contributed by atoms with Gasteiger partial charge < -0.3 is 14.6 Å². The van der Waals surface area contributed by atoms with Gasteiger partial charge in [-0.1, -0.05) is 74.5 Å². The number of methoxy groups -OCH3 is 1. The lowest BCUT2D eigenvalue weighted by Crippen LogP contribution is -2.69. The molecular weight excluding hydrogens is 572 g/mol. The molecule has 3 aromatic rings. The zero-order chi connectivity index (χ0) is 30.6. The third-order valence-corrected chi connectivity index (χ3v) is 12.5. The molecule has 234 valence electrons. The minimum Gasteiger partial charge on any atom is -0.508 e. The maximum atomic E-state index is 14.3. The maximum absolute atomic E-state index is 14.3. The Kier molecular flexibility index (Phi) is 7.66. The van der Waals surface area contributed by atoms with Gasteiger partial charge in [-0.15, -0.1) is 0 Å². The largest absolute Gasteiger partial charge is 0.508 e. The van der Waals surface area contributed by atoms with Gasteiger partial charge in [0, 0.05) is 41.7 Å². The van der Waals surface area contributed by atoms with E-state index in [1.165, 1.54) is 5.56 Å². The van der Waals surface area contributed by atoms with E-state index in [2.05, 4.69) is 49.1 Å². The summed E-state index contributed by atoms with van der Waals surface area (Å²) in [5.41, 5.74) is 3.79. The number of piperidine rings is 1. The number of hydrogen-bond donors (Lipinski definition) is 1. The van der Waals surface area contributed by atoms with Gasteiger partial charge in [0.2, 0.25) is 10.0 Å². The summed E-state index contributed by atoms with van der Waals surface area (Å²) in [4.78, 5) is 2.63. The molecule has 0 aromatic heterocycles. The highest BCUT2D eigenvalue weighted by Crippen LogP contribution is 2.65. The Bertz CT molecular complexity index is 1610. The Balaban J connectivity index is 1.29. The zero-order valence-corrected chi connectivity index (χ0v) is 26.8. The van der Waals surface area contributed by atoms with E-state index in [0.29, 0.717) is 24.0 Å². The van der Waals surface area contributed by atoms with Crippen LogP contribution in [-0.2, 0) is 34.0 Å². The van der Waals surface area contributed by atoms with Gasteiger partial charge >= 0.3 is 0 Å². The molecule has 0 amide bonds.